The zero-order valence-corrected chi connectivity index (χ0v) is 9.92. The number of nitrogen functional groups attached to an aromatic ring is 1. The lowest BCUT2D eigenvalue weighted by molar-refractivity contribution is -0.144. The standard InChI is InChI=1S/C9H7F3N6O2/c1-20-7(19)6-14-3-18(17-6)5-2-4(13)15-8(16-5)9(10,11)12/h2-3H,1H3,(H2,13,15,16). The number of nitrogens with two attached hydrogens (primary N) is 1. The van der Waals surface area contributed by atoms with Gasteiger partial charge in [-0.15, -0.1) is 5.10 Å². The second-order valence-electron chi connectivity index (χ2n) is 3.48. The van der Waals surface area contributed by atoms with Crippen LogP contribution in [0.2, 0.25) is 0 Å². The summed E-state index contributed by atoms with van der Waals surface area (Å²) in [6.45, 7) is 0. The normalized spacial score (nSPS) is 11.4. The van der Waals surface area contributed by atoms with Gasteiger partial charge in [-0.1, -0.05) is 0 Å². The Kier molecular flexibility index (Phi) is 3.26. The van der Waals surface area contributed by atoms with Gasteiger partial charge in [-0.3, -0.25) is 0 Å². The van der Waals surface area contributed by atoms with Crippen molar-refractivity contribution >= 4 is 11.8 Å². The molecule has 0 amide bonds. The molecule has 0 aromatic carbocycles. The molecule has 0 saturated heterocycles. The predicted molar refractivity (Wildman–Crippen MR) is 57.7 cm³/mol. The fraction of sp³-hybridized carbons (Fsp3) is 0.222. The van der Waals surface area contributed by atoms with Crippen LogP contribution in [-0.4, -0.2) is 37.8 Å². The quantitative estimate of drug-likeness (QED) is 0.799. The van der Waals surface area contributed by atoms with E-state index < -0.39 is 23.8 Å². The van der Waals surface area contributed by atoms with Crippen molar-refractivity contribution in [2.45, 2.75) is 6.18 Å². The average molecular weight is 288 g/mol. The molecular weight excluding hydrogens is 281 g/mol. The molecule has 2 aromatic heterocycles. The minimum atomic E-state index is -4.75. The van der Waals surface area contributed by atoms with Gasteiger partial charge in [0.1, 0.15) is 12.1 Å². The summed E-state index contributed by atoms with van der Waals surface area (Å²) in [5, 5.41) is 3.63. The number of rotatable bonds is 2. The number of nitrogens with zero attached hydrogens (tertiary/aromatic N) is 5. The minimum Gasteiger partial charge on any atom is -0.463 e. The smallest absolute Gasteiger partial charge is 0.451 e. The molecule has 2 heterocycles. The Morgan fingerprint density at radius 3 is 2.70 bits per heavy atom. The first-order chi connectivity index (χ1) is 9.31. The molecule has 8 nitrogen and oxygen atoms in total. The number of aromatic nitrogens is 5. The molecule has 0 bridgehead atoms. The molecular formula is C9H7F3N6O2. The SMILES string of the molecule is COC(=O)c1ncn(-c2cc(N)nc(C(F)(F)F)n2)n1. The summed E-state index contributed by atoms with van der Waals surface area (Å²) in [6.07, 6.45) is -3.75. The highest BCUT2D eigenvalue weighted by Crippen LogP contribution is 2.27. The zero-order chi connectivity index (χ0) is 14.9. The van der Waals surface area contributed by atoms with Gasteiger partial charge in [-0.25, -0.2) is 24.4 Å². The average Bonchev–Trinajstić information content (AvgIpc) is 2.85. The molecule has 0 aliphatic carbocycles. The van der Waals surface area contributed by atoms with Crippen LogP contribution in [-0.2, 0) is 10.9 Å². The summed E-state index contributed by atoms with van der Waals surface area (Å²) < 4.78 is 42.9. The van der Waals surface area contributed by atoms with E-state index in [1.807, 2.05) is 0 Å². The molecule has 0 aliphatic rings. The van der Waals surface area contributed by atoms with Crippen molar-refractivity contribution in [3.8, 4) is 5.82 Å². The first-order valence-corrected chi connectivity index (χ1v) is 5.03. The highest BCUT2D eigenvalue weighted by atomic mass is 19.4. The maximum atomic E-state index is 12.6. The van der Waals surface area contributed by atoms with Gasteiger partial charge in [0, 0.05) is 6.07 Å². The maximum Gasteiger partial charge on any atom is 0.451 e. The van der Waals surface area contributed by atoms with Crippen molar-refractivity contribution in [3.05, 3.63) is 24.0 Å². The van der Waals surface area contributed by atoms with Crippen LogP contribution in [0.3, 0.4) is 0 Å². The van der Waals surface area contributed by atoms with Crippen molar-refractivity contribution in [3.63, 3.8) is 0 Å². The number of esters is 1. The first-order valence-electron chi connectivity index (χ1n) is 5.03. The number of hydrogen-bond acceptors (Lipinski definition) is 7. The van der Waals surface area contributed by atoms with Gasteiger partial charge in [0.05, 0.1) is 7.11 Å². The molecule has 106 valence electrons. The Hall–Kier alpha value is -2.72. The molecule has 2 aromatic rings. The molecule has 0 atom stereocenters. The number of alkyl halides is 3. The van der Waals surface area contributed by atoms with Crippen molar-refractivity contribution in [1.82, 2.24) is 24.7 Å². The Labute approximate surface area is 109 Å². The monoisotopic (exact) mass is 288 g/mol. The topological polar surface area (TPSA) is 109 Å². The molecule has 0 spiro atoms. The molecule has 2 rings (SSSR count). The van der Waals surface area contributed by atoms with E-state index in [9.17, 15) is 18.0 Å². The van der Waals surface area contributed by atoms with Crippen molar-refractivity contribution in [1.29, 1.82) is 0 Å². The van der Waals surface area contributed by atoms with Crippen molar-refractivity contribution in [2.75, 3.05) is 12.8 Å². The van der Waals surface area contributed by atoms with E-state index in [1.165, 1.54) is 0 Å². The predicted octanol–water partition coefficient (Wildman–Crippen LogP) is 0.445. The first kappa shape index (κ1) is 13.7. The summed E-state index contributed by atoms with van der Waals surface area (Å²) in [7, 11) is 1.12. The second-order valence-corrected chi connectivity index (χ2v) is 3.48. The van der Waals surface area contributed by atoms with Gasteiger partial charge in [-0.05, 0) is 0 Å². The summed E-state index contributed by atoms with van der Waals surface area (Å²) in [4.78, 5) is 21.1. The highest BCUT2D eigenvalue weighted by Gasteiger charge is 2.35. The Morgan fingerprint density at radius 2 is 2.10 bits per heavy atom. The second kappa shape index (κ2) is 4.75. The molecule has 0 fully saturated rings. The third kappa shape index (κ3) is 2.65. The van der Waals surface area contributed by atoms with Crippen LogP contribution in [0.15, 0.2) is 12.4 Å². The van der Waals surface area contributed by atoms with Gasteiger partial charge in [0.2, 0.25) is 5.82 Å². The fourth-order valence-electron chi connectivity index (χ4n) is 1.26. The Morgan fingerprint density at radius 1 is 1.40 bits per heavy atom. The molecule has 0 unspecified atom stereocenters. The van der Waals surface area contributed by atoms with Crippen LogP contribution in [0.5, 0.6) is 0 Å². The molecule has 2 N–H and O–H groups in total. The van der Waals surface area contributed by atoms with Crippen LogP contribution in [0.1, 0.15) is 16.4 Å². The summed E-state index contributed by atoms with van der Waals surface area (Å²) in [5.41, 5.74) is 5.28. The molecule has 0 radical (unpaired) electrons. The van der Waals surface area contributed by atoms with Crippen LogP contribution in [0.4, 0.5) is 19.0 Å². The zero-order valence-electron chi connectivity index (χ0n) is 9.92. The van der Waals surface area contributed by atoms with Crippen LogP contribution < -0.4 is 5.73 Å². The van der Waals surface area contributed by atoms with E-state index in [1.54, 1.807) is 0 Å². The van der Waals surface area contributed by atoms with Gasteiger partial charge >= 0.3 is 12.1 Å². The summed E-state index contributed by atoms with van der Waals surface area (Å²) in [5.74, 6) is -3.23. The number of hydrogen-bond donors (Lipinski definition) is 1. The molecule has 20 heavy (non-hydrogen) atoms. The maximum absolute atomic E-state index is 12.6. The number of carbonyl (C=O) groups excluding carboxylic acids is 1. The van der Waals surface area contributed by atoms with E-state index >= 15 is 0 Å². The third-order valence-electron chi connectivity index (χ3n) is 2.08. The van der Waals surface area contributed by atoms with Gasteiger partial charge in [0.25, 0.3) is 5.82 Å². The Balaban J connectivity index is 2.45. The van der Waals surface area contributed by atoms with E-state index in [0.29, 0.717) is 0 Å². The van der Waals surface area contributed by atoms with Crippen molar-refractivity contribution < 1.29 is 22.7 Å². The lowest BCUT2D eigenvalue weighted by atomic mass is 10.5. The number of carbonyl (C=O) groups is 1. The van der Waals surface area contributed by atoms with Gasteiger partial charge in [0.15, 0.2) is 5.82 Å². The van der Waals surface area contributed by atoms with Crippen LogP contribution in [0, 0.1) is 0 Å². The van der Waals surface area contributed by atoms with E-state index in [-0.39, 0.29) is 11.6 Å². The Bertz CT molecular complexity index is 653. The largest absolute Gasteiger partial charge is 0.463 e. The number of halogens is 3. The lowest BCUT2D eigenvalue weighted by Gasteiger charge is -2.07. The lowest BCUT2D eigenvalue weighted by Crippen LogP contribution is -2.15. The summed E-state index contributed by atoms with van der Waals surface area (Å²) >= 11 is 0. The number of anilines is 1. The van der Waals surface area contributed by atoms with Gasteiger partial charge < -0.3 is 10.5 Å². The molecule has 0 saturated carbocycles. The third-order valence-corrected chi connectivity index (χ3v) is 2.08. The van der Waals surface area contributed by atoms with Crippen molar-refractivity contribution in [2.24, 2.45) is 0 Å². The van der Waals surface area contributed by atoms with Crippen LogP contribution in [0.25, 0.3) is 5.82 Å². The van der Waals surface area contributed by atoms with Gasteiger partial charge in [-0.2, -0.15) is 13.2 Å². The number of ether oxygens (including phenoxy) is 1. The highest BCUT2D eigenvalue weighted by molar-refractivity contribution is 5.84. The summed E-state index contributed by atoms with van der Waals surface area (Å²) in [6, 6.07) is 1.06. The number of methoxy groups -OCH3 is 1. The van der Waals surface area contributed by atoms with E-state index in [0.717, 1.165) is 24.2 Å². The van der Waals surface area contributed by atoms with E-state index in [4.69, 9.17) is 5.73 Å². The fourth-order valence-corrected chi connectivity index (χ4v) is 1.26. The van der Waals surface area contributed by atoms with Crippen LogP contribution >= 0.6 is 0 Å². The molecule has 11 heteroatoms. The minimum absolute atomic E-state index is 0.271. The molecule has 0 aliphatic heterocycles. The van der Waals surface area contributed by atoms with E-state index in [2.05, 4.69) is 24.8 Å².